The maximum absolute atomic E-state index is 13.1. The number of fused-ring (bicyclic) bond motifs is 1. The minimum Gasteiger partial charge on any atom is -0.309 e. The van der Waals surface area contributed by atoms with Gasteiger partial charge in [-0.05, 0) is 48.9 Å². The number of amides is 2. The normalized spacial score (nSPS) is 21.5. The van der Waals surface area contributed by atoms with Crippen LogP contribution >= 0.6 is 13.5 Å². The Morgan fingerprint density at radius 1 is 1.31 bits per heavy atom. The second kappa shape index (κ2) is 6.77. The third-order valence-corrected chi connectivity index (χ3v) is 5.49. The monoisotopic (exact) mass is 374 g/mol. The molecule has 0 unspecified atom stereocenters. The molecule has 8 heteroatoms. The lowest BCUT2D eigenvalue weighted by Gasteiger charge is -2.33. The van der Waals surface area contributed by atoms with E-state index in [0.717, 1.165) is 36.1 Å². The minimum atomic E-state index is -0.511. The van der Waals surface area contributed by atoms with Gasteiger partial charge in [0, 0.05) is 25.4 Å². The zero-order valence-corrected chi connectivity index (χ0v) is 15.5. The van der Waals surface area contributed by atoms with Crippen molar-refractivity contribution in [1.82, 2.24) is 15.3 Å². The van der Waals surface area contributed by atoms with Gasteiger partial charge < -0.3 is 4.90 Å². The molecule has 138 valence electrons. The van der Waals surface area contributed by atoms with Crippen molar-refractivity contribution < 1.29 is 14.8 Å². The molecule has 1 spiro atoms. The molecule has 1 aromatic heterocycles. The van der Waals surface area contributed by atoms with Crippen LogP contribution < -0.4 is 10.4 Å². The molecule has 1 saturated heterocycles. The Morgan fingerprint density at radius 3 is 2.81 bits per heavy atom. The highest BCUT2D eigenvalue weighted by Crippen LogP contribution is 2.45. The zero-order chi connectivity index (χ0) is 17.6. The van der Waals surface area contributed by atoms with Crippen LogP contribution in [0.2, 0.25) is 0 Å². The summed E-state index contributed by atoms with van der Waals surface area (Å²) in [4.78, 5) is 26.5. The summed E-state index contributed by atoms with van der Waals surface area (Å²) >= 11 is 0. The quantitative estimate of drug-likeness (QED) is 0.617. The van der Waals surface area contributed by atoms with Gasteiger partial charge in [0.05, 0.1) is 17.3 Å². The number of aromatic nitrogens is 2. The van der Waals surface area contributed by atoms with Gasteiger partial charge in [-0.2, -0.15) is 18.6 Å². The van der Waals surface area contributed by atoms with Gasteiger partial charge in [0.2, 0.25) is 5.91 Å². The van der Waals surface area contributed by atoms with E-state index in [0.29, 0.717) is 18.5 Å². The lowest BCUT2D eigenvalue weighted by Crippen LogP contribution is -2.38. The van der Waals surface area contributed by atoms with Crippen molar-refractivity contribution in [1.29, 1.82) is 0 Å². The fourth-order valence-electron chi connectivity index (χ4n) is 4.07. The second-order valence-electron chi connectivity index (χ2n) is 6.96. The molecule has 2 aliphatic rings. The van der Waals surface area contributed by atoms with Gasteiger partial charge in [-0.1, -0.05) is 6.07 Å². The highest BCUT2D eigenvalue weighted by molar-refractivity contribution is 7.59. The third-order valence-electron chi connectivity index (χ3n) is 5.49. The fourth-order valence-corrected chi connectivity index (χ4v) is 4.07. The molecular formula is C18H22N4O3S. The first kappa shape index (κ1) is 18.5. The molecule has 1 aromatic carbocycles. The van der Waals surface area contributed by atoms with Crippen LogP contribution in [-0.4, -0.2) is 33.3 Å². The molecule has 1 aliphatic carbocycles. The van der Waals surface area contributed by atoms with E-state index in [1.807, 2.05) is 30.3 Å². The Labute approximate surface area is 158 Å². The van der Waals surface area contributed by atoms with Crippen molar-refractivity contribution in [2.24, 2.45) is 12.5 Å². The van der Waals surface area contributed by atoms with Crippen molar-refractivity contribution in [3.05, 3.63) is 47.3 Å². The largest absolute Gasteiger partial charge is 0.309 e. The van der Waals surface area contributed by atoms with Crippen LogP contribution in [0, 0.1) is 5.41 Å². The third kappa shape index (κ3) is 2.89. The Bertz CT molecular complexity index is 866. The molecular weight excluding hydrogens is 352 g/mol. The summed E-state index contributed by atoms with van der Waals surface area (Å²) in [5.74, 6) is -0.342. The average molecular weight is 374 g/mol. The van der Waals surface area contributed by atoms with Crippen molar-refractivity contribution in [2.45, 2.75) is 25.7 Å². The number of carbonyl (C=O) groups is 2. The first-order valence-corrected chi connectivity index (χ1v) is 8.39. The maximum atomic E-state index is 13.1. The molecule has 4 rings (SSSR count). The zero-order valence-electron chi connectivity index (χ0n) is 14.5. The van der Waals surface area contributed by atoms with E-state index in [4.69, 9.17) is 5.21 Å². The molecule has 2 amide bonds. The molecule has 0 bridgehead atoms. The number of nitrogens with one attached hydrogen (secondary N) is 1. The van der Waals surface area contributed by atoms with Crippen LogP contribution in [0.3, 0.4) is 0 Å². The lowest BCUT2D eigenvalue weighted by atomic mass is 9.70. The summed E-state index contributed by atoms with van der Waals surface area (Å²) in [6.07, 6.45) is 6.66. The van der Waals surface area contributed by atoms with E-state index >= 15 is 0 Å². The number of hydrogen-bond donors (Lipinski definition) is 2. The second-order valence-corrected chi connectivity index (χ2v) is 6.96. The number of aryl methyl sites for hydroxylation is 2. The topological polar surface area (TPSA) is 87.5 Å². The van der Waals surface area contributed by atoms with Crippen molar-refractivity contribution in [2.75, 3.05) is 11.4 Å². The summed E-state index contributed by atoms with van der Waals surface area (Å²) in [6.45, 7) is 0.713. The molecule has 26 heavy (non-hydrogen) atoms. The predicted octanol–water partition coefficient (Wildman–Crippen LogP) is 1.56. The van der Waals surface area contributed by atoms with E-state index in [-0.39, 0.29) is 24.8 Å². The summed E-state index contributed by atoms with van der Waals surface area (Å²) < 4.78 is 1.71. The Hall–Kier alpha value is -2.32. The lowest BCUT2D eigenvalue weighted by molar-refractivity contribution is -0.126. The molecule has 1 atom stereocenters. The molecule has 2 N–H and O–H groups in total. The molecule has 7 nitrogen and oxygen atoms in total. The number of anilines is 1. The van der Waals surface area contributed by atoms with Crippen LogP contribution in [0.25, 0.3) is 0 Å². The molecule has 2 aromatic rings. The highest BCUT2D eigenvalue weighted by atomic mass is 32.1. The van der Waals surface area contributed by atoms with Crippen molar-refractivity contribution in [3.63, 3.8) is 0 Å². The van der Waals surface area contributed by atoms with Gasteiger partial charge >= 0.3 is 0 Å². The van der Waals surface area contributed by atoms with Crippen molar-refractivity contribution in [3.8, 4) is 0 Å². The van der Waals surface area contributed by atoms with Crippen LogP contribution in [0.1, 0.15) is 34.3 Å². The Morgan fingerprint density at radius 2 is 2.12 bits per heavy atom. The van der Waals surface area contributed by atoms with Gasteiger partial charge in [0.25, 0.3) is 5.91 Å². The van der Waals surface area contributed by atoms with Gasteiger partial charge in [0.1, 0.15) is 0 Å². The number of hydroxylamine groups is 1. The average Bonchev–Trinajstić information content (AvgIpc) is 3.18. The molecule has 1 fully saturated rings. The van der Waals surface area contributed by atoms with Crippen LogP contribution in [0.4, 0.5) is 5.69 Å². The molecule has 0 saturated carbocycles. The Balaban J connectivity index is 0.00000196. The first-order valence-electron chi connectivity index (χ1n) is 8.39. The van der Waals surface area contributed by atoms with Crippen LogP contribution in [-0.2, 0) is 24.7 Å². The number of hydrogen-bond acceptors (Lipinski definition) is 4. The standard InChI is InChI=1S/C18H20N4O3.H2S/c1-21-11-15(10-19-21)22-7-6-18(17(22)24)5-4-12-8-13(16(23)20-25)2-3-14(12)9-18;/h2-3,8,10-11,25H,4-7,9H2,1H3,(H,20,23);1H2/t18-;/m1./s1. The van der Waals surface area contributed by atoms with Crippen LogP contribution in [0.15, 0.2) is 30.6 Å². The summed E-state index contributed by atoms with van der Waals surface area (Å²) in [6, 6.07) is 5.41. The van der Waals surface area contributed by atoms with Gasteiger partial charge in [0.15, 0.2) is 0 Å². The van der Waals surface area contributed by atoms with E-state index in [1.165, 1.54) is 0 Å². The van der Waals surface area contributed by atoms with Crippen LogP contribution in [0.5, 0.6) is 0 Å². The predicted molar refractivity (Wildman–Crippen MR) is 101 cm³/mol. The van der Waals surface area contributed by atoms with E-state index in [2.05, 4.69) is 5.10 Å². The van der Waals surface area contributed by atoms with Gasteiger partial charge in [-0.3, -0.25) is 19.5 Å². The maximum Gasteiger partial charge on any atom is 0.274 e. The first-order chi connectivity index (χ1) is 12.0. The molecule has 2 heterocycles. The Kier molecular flexibility index (Phi) is 4.81. The molecule has 1 aliphatic heterocycles. The number of nitrogens with zero attached hydrogens (tertiary/aromatic N) is 3. The summed E-state index contributed by atoms with van der Waals surface area (Å²) in [7, 11) is 1.84. The van der Waals surface area contributed by atoms with Gasteiger partial charge in [-0.25, -0.2) is 5.48 Å². The number of benzene rings is 1. The number of carbonyl (C=O) groups excluding carboxylic acids is 2. The van der Waals surface area contributed by atoms with Gasteiger partial charge in [-0.15, -0.1) is 0 Å². The number of rotatable bonds is 2. The van der Waals surface area contributed by atoms with Crippen molar-refractivity contribution >= 4 is 31.0 Å². The fraction of sp³-hybridized carbons (Fsp3) is 0.389. The molecule has 0 radical (unpaired) electrons. The van der Waals surface area contributed by atoms with E-state index < -0.39 is 5.91 Å². The summed E-state index contributed by atoms with van der Waals surface area (Å²) in [5.41, 5.74) is 4.79. The SMILES string of the molecule is Cn1cc(N2CC[C@@]3(CCc4cc(C(=O)NO)ccc4C3)C2=O)cn1.S. The summed E-state index contributed by atoms with van der Waals surface area (Å²) in [5, 5.41) is 12.9. The van der Waals surface area contributed by atoms with E-state index in [1.54, 1.807) is 22.4 Å². The highest BCUT2D eigenvalue weighted by Gasteiger charge is 2.48. The smallest absolute Gasteiger partial charge is 0.274 e. The van der Waals surface area contributed by atoms with E-state index in [9.17, 15) is 9.59 Å². The minimum absolute atomic E-state index is 0.